The minimum absolute atomic E-state index is 0.0504. The minimum Gasteiger partial charge on any atom is -0.320 e. The van der Waals surface area contributed by atoms with E-state index in [0.29, 0.717) is 13.0 Å². The Kier molecular flexibility index (Phi) is 4.04. The molecular formula is C21H19N3O. The van der Waals surface area contributed by atoms with Crippen LogP contribution in [0.25, 0.3) is 11.3 Å². The second-order valence-corrected chi connectivity index (χ2v) is 6.28. The number of hydrogen-bond donors (Lipinski definition) is 1. The standard InChI is InChI=1S/C21H19N3O/c22-18-11-17-12-19(16-9-5-2-6-10-16)23-13-20(17)24(21(18)25)14-15-7-3-1-4-8-15/h1-10,12-13,18H,11,14,22H2. The van der Waals surface area contributed by atoms with Gasteiger partial charge in [-0.1, -0.05) is 60.7 Å². The summed E-state index contributed by atoms with van der Waals surface area (Å²) in [6.45, 7) is 0.507. The van der Waals surface area contributed by atoms with Crippen LogP contribution < -0.4 is 10.6 Å². The van der Waals surface area contributed by atoms with E-state index in [2.05, 4.69) is 11.1 Å². The first kappa shape index (κ1) is 15.5. The Morgan fingerprint density at radius 1 is 1.04 bits per heavy atom. The Morgan fingerprint density at radius 2 is 1.72 bits per heavy atom. The van der Waals surface area contributed by atoms with Gasteiger partial charge in [0, 0.05) is 5.56 Å². The molecule has 2 heterocycles. The van der Waals surface area contributed by atoms with Crippen molar-refractivity contribution in [2.75, 3.05) is 4.90 Å². The van der Waals surface area contributed by atoms with Gasteiger partial charge in [-0.2, -0.15) is 0 Å². The maximum atomic E-state index is 12.6. The molecule has 0 saturated heterocycles. The van der Waals surface area contributed by atoms with Gasteiger partial charge < -0.3 is 10.6 Å². The van der Waals surface area contributed by atoms with Gasteiger partial charge in [0.05, 0.1) is 30.2 Å². The van der Waals surface area contributed by atoms with E-state index in [9.17, 15) is 4.79 Å². The number of amides is 1. The number of pyridine rings is 1. The number of nitrogens with two attached hydrogens (primary N) is 1. The summed E-state index contributed by atoms with van der Waals surface area (Å²) in [6.07, 6.45) is 2.34. The molecular weight excluding hydrogens is 310 g/mol. The fourth-order valence-electron chi connectivity index (χ4n) is 3.24. The van der Waals surface area contributed by atoms with E-state index in [0.717, 1.165) is 28.1 Å². The zero-order chi connectivity index (χ0) is 17.2. The van der Waals surface area contributed by atoms with E-state index in [4.69, 9.17) is 5.73 Å². The summed E-state index contributed by atoms with van der Waals surface area (Å²) >= 11 is 0. The highest BCUT2D eigenvalue weighted by molar-refractivity contribution is 6.00. The Labute approximate surface area is 146 Å². The van der Waals surface area contributed by atoms with Gasteiger partial charge in [0.15, 0.2) is 0 Å². The van der Waals surface area contributed by atoms with Crippen molar-refractivity contribution < 1.29 is 4.79 Å². The molecule has 4 rings (SSSR count). The summed E-state index contributed by atoms with van der Waals surface area (Å²) in [5.74, 6) is -0.0504. The van der Waals surface area contributed by atoms with E-state index in [1.54, 1.807) is 11.1 Å². The lowest BCUT2D eigenvalue weighted by Crippen LogP contribution is -2.48. The zero-order valence-corrected chi connectivity index (χ0v) is 13.8. The van der Waals surface area contributed by atoms with E-state index in [1.807, 2.05) is 60.7 Å². The number of anilines is 1. The molecule has 0 fully saturated rings. The van der Waals surface area contributed by atoms with Gasteiger partial charge in [-0.25, -0.2) is 0 Å². The van der Waals surface area contributed by atoms with Crippen LogP contribution in [0.3, 0.4) is 0 Å². The fraction of sp³-hybridized carbons (Fsp3) is 0.143. The number of hydrogen-bond acceptors (Lipinski definition) is 3. The lowest BCUT2D eigenvalue weighted by Gasteiger charge is -2.32. The lowest BCUT2D eigenvalue weighted by atomic mass is 9.96. The van der Waals surface area contributed by atoms with Gasteiger partial charge in [-0.05, 0) is 23.6 Å². The molecule has 0 spiro atoms. The van der Waals surface area contributed by atoms with Crippen molar-refractivity contribution in [2.45, 2.75) is 19.0 Å². The van der Waals surface area contributed by atoms with E-state index < -0.39 is 6.04 Å². The van der Waals surface area contributed by atoms with Gasteiger partial charge >= 0.3 is 0 Å². The largest absolute Gasteiger partial charge is 0.320 e. The highest BCUT2D eigenvalue weighted by Gasteiger charge is 2.31. The summed E-state index contributed by atoms with van der Waals surface area (Å²) in [5.41, 5.74) is 11.1. The van der Waals surface area contributed by atoms with Crippen LogP contribution in [-0.2, 0) is 17.8 Å². The normalized spacial score (nSPS) is 16.6. The van der Waals surface area contributed by atoms with Crippen molar-refractivity contribution in [1.82, 2.24) is 4.98 Å². The number of aromatic nitrogens is 1. The summed E-state index contributed by atoms with van der Waals surface area (Å²) < 4.78 is 0. The molecule has 124 valence electrons. The van der Waals surface area contributed by atoms with Gasteiger partial charge in [0.2, 0.25) is 5.91 Å². The first-order chi connectivity index (χ1) is 12.2. The van der Waals surface area contributed by atoms with E-state index >= 15 is 0 Å². The summed E-state index contributed by atoms with van der Waals surface area (Å²) in [7, 11) is 0. The van der Waals surface area contributed by atoms with Crippen LogP contribution in [0.1, 0.15) is 11.1 Å². The van der Waals surface area contributed by atoms with Crippen LogP contribution in [0, 0.1) is 0 Å². The van der Waals surface area contributed by atoms with Gasteiger partial charge in [-0.15, -0.1) is 0 Å². The van der Waals surface area contributed by atoms with Crippen LogP contribution in [-0.4, -0.2) is 16.9 Å². The third-order valence-electron chi connectivity index (χ3n) is 4.53. The smallest absolute Gasteiger partial charge is 0.244 e. The fourth-order valence-corrected chi connectivity index (χ4v) is 3.24. The topological polar surface area (TPSA) is 59.2 Å². The SMILES string of the molecule is NC1Cc2cc(-c3ccccc3)ncc2N(Cc2ccccc2)C1=O. The molecule has 0 saturated carbocycles. The quantitative estimate of drug-likeness (QED) is 0.803. The molecule has 1 unspecified atom stereocenters. The van der Waals surface area contributed by atoms with E-state index in [1.165, 1.54) is 0 Å². The van der Waals surface area contributed by atoms with Crippen LogP contribution >= 0.6 is 0 Å². The number of fused-ring (bicyclic) bond motifs is 1. The molecule has 2 N–H and O–H groups in total. The first-order valence-electron chi connectivity index (χ1n) is 8.37. The van der Waals surface area contributed by atoms with Crippen molar-refractivity contribution >= 4 is 11.6 Å². The molecule has 1 atom stereocenters. The van der Waals surface area contributed by atoms with Gasteiger partial charge in [-0.3, -0.25) is 9.78 Å². The summed E-state index contributed by atoms with van der Waals surface area (Å²) in [6, 6.07) is 21.5. The molecule has 1 aromatic heterocycles. The molecule has 0 radical (unpaired) electrons. The lowest BCUT2D eigenvalue weighted by molar-refractivity contribution is -0.120. The number of carbonyl (C=O) groups excluding carboxylic acids is 1. The molecule has 0 aliphatic carbocycles. The molecule has 1 aliphatic rings. The summed E-state index contributed by atoms with van der Waals surface area (Å²) in [5, 5.41) is 0. The predicted octanol–water partition coefficient (Wildman–Crippen LogP) is 3.17. The van der Waals surface area contributed by atoms with Crippen molar-refractivity contribution in [2.24, 2.45) is 5.73 Å². The third kappa shape index (κ3) is 3.04. The number of carbonyl (C=O) groups is 1. The first-order valence-corrected chi connectivity index (χ1v) is 8.37. The number of rotatable bonds is 3. The molecule has 1 amide bonds. The van der Waals surface area contributed by atoms with Gasteiger partial charge in [0.1, 0.15) is 0 Å². The molecule has 4 nitrogen and oxygen atoms in total. The van der Waals surface area contributed by atoms with Crippen molar-refractivity contribution in [3.63, 3.8) is 0 Å². The van der Waals surface area contributed by atoms with Gasteiger partial charge in [0.25, 0.3) is 0 Å². The Balaban J connectivity index is 1.72. The zero-order valence-electron chi connectivity index (χ0n) is 13.8. The van der Waals surface area contributed by atoms with Crippen LogP contribution in [0.15, 0.2) is 72.9 Å². The van der Waals surface area contributed by atoms with Crippen molar-refractivity contribution in [3.05, 3.63) is 84.1 Å². The second-order valence-electron chi connectivity index (χ2n) is 6.28. The highest BCUT2D eigenvalue weighted by atomic mass is 16.2. The number of nitrogens with zero attached hydrogens (tertiary/aromatic N) is 2. The minimum atomic E-state index is -0.512. The van der Waals surface area contributed by atoms with E-state index in [-0.39, 0.29) is 5.91 Å². The van der Waals surface area contributed by atoms with Crippen molar-refractivity contribution in [3.8, 4) is 11.3 Å². The monoisotopic (exact) mass is 329 g/mol. The third-order valence-corrected chi connectivity index (χ3v) is 4.53. The predicted molar refractivity (Wildman–Crippen MR) is 99.0 cm³/mol. The molecule has 25 heavy (non-hydrogen) atoms. The Morgan fingerprint density at radius 3 is 2.44 bits per heavy atom. The van der Waals surface area contributed by atoms with Crippen LogP contribution in [0.2, 0.25) is 0 Å². The maximum absolute atomic E-state index is 12.6. The van der Waals surface area contributed by atoms with Crippen LogP contribution in [0.5, 0.6) is 0 Å². The summed E-state index contributed by atoms with van der Waals surface area (Å²) in [4.78, 5) is 18.9. The highest BCUT2D eigenvalue weighted by Crippen LogP contribution is 2.31. The van der Waals surface area contributed by atoms with Crippen molar-refractivity contribution in [1.29, 1.82) is 0 Å². The molecule has 2 aromatic carbocycles. The molecule has 0 bridgehead atoms. The molecule has 1 aliphatic heterocycles. The molecule has 4 heteroatoms. The number of benzene rings is 2. The maximum Gasteiger partial charge on any atom is 0.244 e. The van der Waals surface area contributed by atoms with Crippen LogP contribution in [0.4, 0.5) is 5.69 Å². The average Bonchev–Trinajstić information content (AvgIpc) is 2.66. The second kappa shape index (κ2) is 6.49. The Hall–Kier alpha value is -2.98. The average molecular weight is 329 g/mol. The molecule has 3 aromatic rings. The Bertz CT molecular complexity index is 894.